The van der Waals surface area contributed by atoms with Crippen LogP contribution in [0.4, 0.5) is 11.6 Å². The molecule has 0 aliphatic rings. The minimum Gasteiger partial charge on any atom is -0.495 e. The van der Waals surface area contributed by atoms with Crippen LogP contribution in [0.1, 0.15) is 5.56 Å². The second-order valence-corrected chi connectivity index (χ2v) is 3.85. The third-order valence-electron chi connectivity index (χ3n) is 2.58. The Morgan fingerprint density at radius 2 is 2.05 bits per heavy atom. The van der Waals surface area contributed by atoms with Crippen LogP contribution in [0.15, 0.2) is 30.5 Å². The number of aromatic nitrogens is 2. The molecule has 1 heterocycles. The first-order valence-electron chi connectivity index (χ1n) is 5.76. The van der Waals surface area contributed by atoms with Gasteiger partial charge in [-0.25, -0.2) is 4.98 Å². The average molecular weight is 260 g/mol. The number of methoxy groups -OCH3 is 2. The van der Waals surface area contributed by atoms with Crippen molar-refractivity contribution in [3.63, 3.8) is 0 Å². The molecule has 0 radical (unpaired) electrons. The number of rotatable bonds is 5. The summed E-state index contributed by atoms with van der Waals surface area (Å²) in [6, 6.07) is 7.31. The summed E-state index contributed by atoms with van der Waals surface area (Å²) < 4.78 is 10.1. The number of ether oxygens (including phenoxy) is 2. The van der Waals surface area contributed by atoms with E-state index in [4.69, 9.17) is 15.2 Å². The quantitative estimate of drug-likeness (QED) is 0.796. The highest BCUT2D eigenvalue weighted by Crippen LogP contribution is 2.22. The molecule has 0 spiro atoms. The molecule has 0 saturated carbocycles. The van der Waals surface area contributed by atoms with Gasteiger partial charge in [-0.15, -0.1) is 0 Å². The molecule has 0 aliphatic heterocycles. The molecule has 0 fully saturated rings. The van der Waals surface area contributed by atoms with Crippen LogP contribution in [0.25, 0.3) is 0 Å². The lowest BCUT2D eigenvalue weighted by Crippen LogP contribution is -2.04. The number of nitrogens with two attached hydrogens (primary N) is 1. The molecule has 0 atom stereocenters. The Labute approximate surface area is 111 Å². The molecule has 3 N–H and O–H groups in total. The second-order valence-electron chi connectivity index (χ2n) is 3.85. The number of hydrogen-bond acceptors (Lipinski definition) is 6. The first-order chi connectivity index (χ1) is 9.22. The summed E-state index contributed by atoms with van der Waals surface area (Å²) in [5, 5.41) is 3.10. The van der Waals surface area contributed by atoms with Crippen LogP contribution in [0.2, 0.25) is 0 Å². The van der Waals surface area contributed by atoms with Gasteiger partial charge in [0, 0.05) is 18.8 Å². The summed E-state index contributed by atoms with van der Waals surface area (Å²) in [6.45, 7) is 0.571. The maximum Gasteiger partial charge on any atom is 0.226 e. The Morgan fingerprint density at radius 3 is 2.74 bits per heavy atom. The number of anilines is 2. The number of nitrogens with zero attached hydrogens (tertiary/aromatic N) is 2. The van der Waals surface area contributed by atoms with E-state index in [1.54, 1.807) is 26.5 Å². The lowest BCUT2D eigenvalue weighted by Gasteiger charge is -2.08. The fraction of sp³-hybridized carbons (Fsp3) is 0.231. The molecule has 1 aromatic carbocycles. The van der Waals surface area contributed by atoms with Gasteiger partial charge in [-0.3, -0.25) is 0 Å². The number of benzene rings is 1. The van der Waals surface area contributed by atoms with Crippen molar-refractivity contribution in [1.82, 2.24) is 9.97 Å². The van der Waals surface area contributed by atoms with Crippen molar-refractivity contribution in [1.29, 1.82) is 0 Å². The standard InChI is InChI=1S/C13H16N4O2/c1-18-11-4-3-9(7-10(11)14)8-16-13-15-6-5-12(17-13)19-2/h3-7H,8,14H2,1-2H3,(H,15,16,17). The summed E-state index contributed by atoms with van der Waals surface area (Å²) >= 11 is 0. The zero-order valence-electron chi connectivity index (χ0n) is 10.9. The van der Waals surface area contributed by atoms with Crippen molar-refractivity contribution in [2.75, 3.05) is 25.3 Å². The third-order valence-corrected chi connectivity index (χ3v) is 2.58. The number of nitrogen functional groups attached to an aromatic ring is 1. The average Bonchev–Trinajstić information content (AvgIpc) is 2.45. The van der Waals surface area contributed by atoms with Crippen LogP contribution in [-0.4, -0.2) is 24.2 Å². The van der Waals surface area contributed by atoms with Crippen molar-refractivity contribution in [2.24, 2.45) is 0 Å². The highest BCUT2D eigenvalue weighted by atomic mass is 16.5. The Morgan fingerprint density at radius 1 is 1.21 bits per heavy atom. The predicted molar refractivity (Wildman–Crippen MR) is 73.3 cm³/mol. The first-order valence-corrected chi connectivity index (χ1v) is 5.76. The number of nitrogens with one attached hydrogen (secondary N) is 1. The van der Waals surface area contributed by atoms with Crippen LogP contribution in [0.3, 0.4) is 0 Å². The minimum absolute atomic E-state index is 0.508. The van der Waals surface area contributed by atoms with E-state index in [1.165, 1.54) is 0 Å². The van der Waals surface area contributed by atoms with Gasteiger partial charge < -0.3 is 20.5 Å². The summed E-state index contributed by atoms with van der Waals surface area (Å²) in [5.41, 5.74) is 7.47. The minimum atomic E-state index is 0.508. The van der Waals surface area contributed by atoms with Gasteiger partial charge in [0.2, 0.25) is 11.8 Å². The van der Waals surface area contributed by atoms with Gasteiger partial charge in [-0.05, 0) is 17.7 Å². The maximum atomic E-state index is 5.84. The summed E-state index contributed by atoms with van der Waals surface area (Å²) in [4.78, 5) is 8.26. The van der Waals surface area contributed by atoms with E-state index in [0.717, 1.165) is 5.56 Å². The maximum absolute atomic E-state index is 5.84. The SMILES string of the molecule is COc1ccnc(NCc2ccc(OC)c(N)c2)n1. The van der Waals surface area contributed by atoms with Crippen molar-refractivity contribution in [2.45, 2.75) is 6.54 Å². The molecule has 0 aliphatic carbocycles. The van der Waals surface area contributed by atoms with E-state index in [1.807, 2.05) is 18.2 Å². The lowest BCUT2D eigenvalue weighted by atomic mass is 10.2. The van der Waals surface area contributed by atoms with Crippen LogP contribution in [-0.2, 0) is 6.54 Å². The molecule has 6 nitrogen and oxygen atoms in total. The Kier molecular flexibility index (Phi) is 4.02. The summed E-state index contributed by atoms with van der Waals surface area (Å²) in [6.07, 6.45) is 1.64. The smallest absolute Gasteiger partial charge is 0.226 e. The van der Waals surface area contributed by atoms with Gasteiger partial charge in [0.1, 0.15) is 5.75 Å². The van der Waals surface area contributed by atoms with Crippen LogP contribution >= 0.6 is 0 Å². The number of hydrogen-bond donors (Lipinski definition) is 2. The molecule has 6 heteroatoms. The molecule has 0 amide bonds. The van der Waals surface area contributed by atoms with Gasteiger partial charge >= 0.3 is 0 Å². The predicted octanol–water partition coefficient (Wildman–Crippen LogP) is 1.69. The molecular weight excluding hydrogens is 244 g/mol. The molecule has 2 rings (SSSR count). The Balaban J connectivity index is 2.03. The van der Waals surface area contributed by atoms with E-state index in [0.29, 0.717) is 29.8 Å². The van der Waals surface area contributed by atoms with Gasteiger partial charge in [-0.1, -0.05) is 6.07 Å². The Hall–Kier alpha value is -2.50. The van der Waals surface area contributed by atoms with Gasteiger partial charge in [0.15, 0.2) is 0 Å². The fourth-order valence-corrected chi connectivity index (χ4v) is 1.62. The lowest BCUT2D eigenvalue weighted by molar-refractivity contribution is 0.397. The molecule has 1 aromatic heterocycles. The molecule has 19 heavy (non-hydrogen) atoms. The molecular formula is C13H16N4O2. The summed E-state index contributed by atoms with van der Waals surface area (Å²) in [5.74, 6) is 1.70. The molecule has 2 aromatic rings. The van der Waals surface area contributed by atoms with Gasteiger partial charge in [-0.2, -0.15) is 4.98 Å². The summed E-state index contributed by atoms with van der Waals surface area (Å²) in [7, 11) is 3.16. The van der Waals surface area contributed by atoms with Crippen molar-refractivity contribution in [3.8, 4) is 11.6 Å². The van der Waals surface area contributed by atoms with E-state index >= 15 is 0 Å². The highest BCUT2D eigenvalue weighted by Gasteiger charge is 2.02. The van der Waals surface area contributed by atoms with Crippen molar-refractivity contribution in [3.05, 3.63) is 36.0 Å². The van der Waals surface area contributed by atoms with E-state index in [9.17, 15) is 0 Å². The topological polar surface area (TPSA) is 82.3 Å². The molecule has 0 saturated heterocycles. The molecule has 100 valence electrons. The fourth-order valence-electron chi connectivity index (χ4n) is 1.62. The van der Waals surface area contributed by atoms with Gasteiger partial charge in [0.25, 0.3) is 0 Å². The van der Waals surface area contributed by atoms with Crippen molar-refractivity contribution >= 4 is 11.6 Å². The first kappa shape index (κ1) is 12.9. The monoisotopic (exact) mass is 260 g/mol. The van der Waals surface area contributed by atoms with E-state index < -0.39 is 0 Å². The van der Waals surface area contributed by atoms with Crippen molar-refractivity contribution < 1.29 is 9.47 Å². The van der Waals surface area contributed by atoms with Crippen LogP contribution in [0, 0.1) is 0 Å². The van der Waals surface area contributed by atoms with E-state index in [-0.39, 0.29) is 0 Å². The third kappa shape index (κ3) is 3.25. The zero-order valence-corrected chi connectivity index (χ0v) is 10.9. The second kappa shape index (κ2) is 5.90. The normalized spacial score (nSPS) is 10.0. The molecule has 0 bridgehead atoms. The van der Waals surface area contributed by atoms with E-state index in [2.05, 4.69) is 15.3 Å². The molecule has 0 unspecified atom stereocenters. The largest absolute Gasteiger partial charge is 0.495 e. The van der Waals surface area contributed by atoms with Crippen LogP contribution in [0.5, 0.6) is 11.6 Å². The zero-order chi connectivity index (χ0) is 13.7. The Bertz CT molecular complexity index is 560. The van der Waals surface area contributed by atoms with Crippen LogP contribution < -0.4 is 20.5 Å². The van der Waals surface area contributed by atoms with Gasteiger partial charge in [0.05, 0.1) is 19.9 Å². The highest BCUT2D eigenvalue weighted by molar-refractivity contribution is 5.54.